The molecule has 1 fully saturated rings. The van der Waals surface area contributed by atoms with Crippen molar-refractivity contribution < 1.29 is 22.8 Å². The smallest absolute Gasteiger partial charge is 0.342 e. The number of fused-ring (bicyclic) bond motifs is 1. The lowest BCUT2D eigenvalue weighted by atomic mass is 9.86. The predicted molar refractivity (Wildman–Crippen MR) is 119 cm³/mol. The summed E-state index contributed by atoms with van der Waals surface area (Å²) in [5.41, 5.74) is 2.24. The molecule has 2 amide bonds. The van der Waals surface area contributed by atoms with E-state index in [-0.39, 0.29) is 30.2 Å². The fourth-order valence-electron chi connectivity index (χ4n) is 5.28. The van der Waals surface area contributed by atoms with Crippen LogP contribution in [0.5, 0.6) is 0 Å². The predicted octanol–water partition coefficient (Wildman–Crippen LogP) is 4.75. The number of hydrogen-bond donors (Lipinski definition) is 1. The fourth-order valence-corrected chi connectivity index (χ4v) is 5.28. The molecule has 1 aliphatic heterocycles. The van der Waals surface area contributed by atoms with Crippen LogP contribution >= 0.6 is 0 Å². The van der Waals surface area contributed by atoms with E-state index in [0.717, 1.165) is 37.8 Å². The summed E-state index contributed by atoms with van der Waals surface area (Å²) in [6.45, 7) is 4.09. The van der Waals surface area contributed by atoms with Crippen LogP contribution in [0.15, 0.2) is 48.5 Å². The highest BCUT2D eigenvalue weighted by Gasteiger charge is 2.47. The second-order valence-electron chi connectivity index (χ2n) is 9.11. The fraction of sp³-hybridized carbons (Fsp3) is 0.462. The molecule has 7 heteroatoms. The molecular formula is C26H29F3N2O2. The first-order valence-electron chi connectivity index (χ1n) is 11.6. The summed E-state index contributed by atoms with van der Waals surface area (Å²) >= 11 is 0. The molecule has 0 aromatic heterocycles. The zero-order chi connectivity index (χ0) is 23.8. The number of halogens is 3. The van der Waals surface area contributed by atoms with Gasteiger partial charge in [-0.25, -0.2) is 0 Å². The van der Waals surface area contributed by atoms with Gasteiger partial charge in [-0.2, -0.15) is 13.2 Å². The van der Waals surface area contributed by atoms with Gasteiger partial charge in [0.1, 0.15) is 12.1 Å². The summed E-state index contributed by atoms with van der Waals surface area (Å²) in [7, 11) is 0. The molecule has 4 nitrogen and oxygen atoms in total. The number of alkyl halides is 3. The Labute approximate surface area is 192 Å². The van der Waals surface area contributed by atoms with Gasteiger partial charge in [0.2, 0.25) is 11.8 Å². The van der Waals surface area contributed by atoms with Gasteiger partial charge in [0, 0.05) is 6.54 Å². The van der Waals surface area contributed by atoms with E-state index in [4.69, 9.17) is 0 Å². The van der Waals surface area contributed by atoms with Gasteiger partial charge in [-0.05, 0) is 53.5 Å². The Balaban J connectivity index is 1.61. The number of benzene rings is 2. The summed E-state index contributed by atoms with van der Waals surface area (Å²) in [6.07, 6.45) is -1.52. The lowest BCUT2D eigenvalue weighted by Crippen LogP contribution is -2.66. The Hall–Kier alpha value is -2.83. The van der Waals surface area contributed by atoms with Gasteiger partial charge in [-0.3, -0.25) is 9.59 Å². The molecule has 0 bridgehead atoms. The second kappa shape index (κ2) is 9.20. The lowest BCUT2D eigenvalue weighted by Gasteiger charge is -2.43. The first-order chi connectivity index (χ1) is 15.7. The number of carbonyl (C=O) groups excluding carboxylic acids is 2. The number of nitrogens with zero attached hydrogens (tertiary/aromatic N) is 1. The monoisotopic (exact) mass is 458 g/mol. The summed E-state index contributed by atoms with van der Waals surface area (Å²) in [4.78, 5) is 28.6. The van der Waals surface area contributed by atoms with Gasteiger partial charge in [-0.15, -0.1) is 0 Å². The largest absolute Gasteiger partial charge is 0.416 e. The van der Waals surface area contributed by atoms with E-state index in [2.05, 4.69) is 17.4 Å². The number of nitrogens with one attached hydrogen (secondary N) is 1. The van der Waals surface area contributed by atoms with Crippen molar-refractivity contribution >= 4 is 11.8 Å². The van der Waals surface area contributed by atoms with Crippen LogP contribution in [0.4, 0.5) is 13.2 Å². The topological polar surface area (TPSA) is 49.4 Å². The highest BCUT2D eigenvalue weighted by atomic mass is 19.4. The molecule has 0 spiro atoms. The molecule has 2 aliphatic rings. The quantitative estimate of drug-likeness (QED) is 0.679. The molecule has 1 heterocycles. The Morgan fingerprint density at radius 1 is 0.970 bits per heavy atom. The minimum atomic E-state index is -4.42. The molecule has 2 aromatic rings. The first kappa shape index (κ1) is 23.3. The van der Waals surface area contributed by atoms with Crippen LogP contribution in [-0.4, -0.2) is 28.8 Å². The number of carbonyl (C=O) groups is 2. The number of hydrogen-bond acceptors (Lipinski definition) is 2. The van der Waals surface area contributed by atoms with Crippen LogP contribution in [0.25, 0.3) is 0 Å². The van der Waals surface area contributed by atoms with E-state index in [0.29, 0.717) is 5.56 Å². The van der Waals surface area contributed by atoms with Gasteiger partial charge in [0.25, 0.3) is 0 Å². The van der Waals surface area contributed by atoms with Crippen molar-refractivity contribution in [2.75, 3.05) is 0 Å². The van der Waals surface area contributed by atoms with E-state index in [1.165, 1.54) is 23.3 Å². The van der Waals surface area contributed by atoms with E-state index in [9.17, 15) is 22.8 Å². The molecule has 1 aliphatic carbocycles. The Morgan fingerprint density at radius 3 is 2.06 bits per heavy atom. The Bertz CT molecular complexity index is 990. The van der Waals surface area contributed by atoms with Crippen LogP contribution < -0.4 is 5.32 Å². The molecule has 1 saturated heterocycles. The number of amides is 2. The van der Waals surface area contributed by atoms with E-state index < -0.39 is 23.8 Å². The maximum absolute atomic E-state index is 13.7. The summed E-state index contributed by atoms with van der Waals surface area (Å²) < 4.78 is 38.9. The zero-order valence-electron chi connectivity index (χ0n) is 18.9. The molecule has 4 rings (SSSR count). The van der Waals surface area contributed by atoms with E-state index in [1.54, 1.807) is 4.90 Å². The highest BCUT2D eigenvalue weighted by molar-refractivity contribution is 5.97. The molecule has 0 unspecified atom stereocenters. The van der Waals surface area contributed by atoms with E-state index >= 15 is 0 Å². The van der Waals surface area contributed by atoms with Crippen molar-refractivity contribution in [3.05, 3.63) is 70.8 Å². The normalized spacial score (nSPS) is 21.5. The summed E-state index contributed by atoms with van der Waals surface area (Å²) in [5.74, 6) is -0.373. The van der Waals surface area contributed by atoms with Crippen LogP contribution in [0.2, 0.25) is 0 Å². The van der Waals surface area contributed by atoms with Gasteiger partial charge in [-0.1, -0.05) is 63.1 Å². The van der Waals surface area contributed by atoms with E-state index in [1.807, 2.05) is 26.0 Å². The molecule has 2 aromatic carbocycles. The summed E-state index contributed by atoms with van der Waals surface area (Å²) in [5, 5.41) is 3.01. The van der Waals surface area contributed by atoms with Gasteiger partial charge < -0.3 is 10.2 Å². The van der Waals surface area contributed by atoms with Crippen LogP contribution in [-0.2, 0) is 35.2 Å². The van der Waals surface area contributed by atoms with Crippen LogP contribution in [0.3, 0.4) is 0 Å². The molecule has 0 saturated carbocycles. The number of rotatable bonds is 6. The average molecular weight is 459 g/mol. The van der Waals surface area contributed by atoms with Crippen LogP contribution in [0.1, 0.15) is 48.9 Å². The van der Waals surface area contributed by atoms with Crippen molar-refractivity contribution in [1.29, 1.82) is 0 Å². The molecule has 2 atom stereocenters. The molecular weight excluding hydrogens is 429 g/mol. The molecule has 176 valence electrons. The minimum Gasteiger partial charge on any atom is -0.342 e. The lowest BCUT2D eigenvalue weighted by molar-refractivity contribution is -0.154. The first-order valence-corrected chi connectivity index (χ1v) is 11.6. The van der Waals surface area contributed by atoms with Gasteiger partial charge in [0.15, 0.2) is 0 Å². The highest BCUT2D eigenvalue weighted by Crippen LogP contribution is 2.34. The second-order valence-corrected chi connectivity index (χ2v) is 9.11. The summed E-state index contributed by atoms with van der Waals surface area (Å²) in [6, 6.07) is 11.6. The van der Waals surface area contributed by atoms with Crippen LogP contribution in [0, 0.1) is 11.8 Å². The number of piperazine rings is 1. The standard InChI is InChI=1S/C26H29F3N2O2/c1-3-17(4-2)23-24(32)30-22(20-13-18-7-5-6-8-19(18)14-20)25(33)31(23)15-16-9-11-21(12-10-16)26(27,28)29/h5-12,17,20,22-23H,3-4,13-15H2,1-2H3,(H,30,32)/t22-,23-/m1/s1. The maximum atomic E-state index is 13.7. The third-order valence-electron chi connectivity index (χ3n) is 7.13. The Kier molecular flexibility index (Phi) is 6.50. The third kappa shape index (κ3) is 4.63. The van der Waals surface area contributed by atoms with Crippen molar-refractivity contribution in [1.82, 2.24) is 10.2 Å². The molecule has 33 heavy (non-hydrogen) atoms. The van der Waals surface area contributed by atoms with Crippen molar-refractivity contribution in [3.63, 3.8) is 0 Å². The van der Waals surface area contributed by atoms with Gasteiger partial charge in [0.05, 0.1) is 5.56 Å². The maximum Gasteiger partial charge on any atom is 0.416 e. The van der Waals surface area contributed by atoms with Gasteiger partial charge >= 0.3 is 6.18 Å². The molecule has 1 N–H and O–H groups in total. The van der Waals surface area contributed by atoms with Crippen molar-refractivity contribution in [2.45, 2.75) is 64.3 Å². The average Bonchev–Trinajstić information content (AvgIpc) is 3.22. The third-order valence-corrected chi connectivity index (χ3v) is 7.13. The Morgan fingerprint density at radius 2 is 1.55 bits per heavy atom. The SMILES string of the molecule is CCC(CC)[C@@H]1C(=O)N[C@H](C2Cc3ccccc3C2)C(=O)N1Cc1ccc(C(F)(F)F)cc1. The van der Waals surface area contributed by atoms with Crippen molar-refractivity contribution in [3.8, 4) is 0 Å². The molecule has 0 radical (unpaired) electrons. The van der Waals surface area contributed by atoms with Crippen molar-refractivity contribution in [2.24, 2.45) is 11.8 Å². The minimum absolute atomic E-state index is 0.0230. The zero-order valence-corrected chi connectivity index (χ0v) is 18.9.